The highest BCUT2D eigenvalue weighted by Gasteiger charge is 2.31. The molecule has 3 rings (SSSR count). The van der Waals surface area contributed by atoms with E-state index in [9.17, 15) is 9.90 Å². The van der Waals surface area contributed by atoms with Crippen molar-refractivity contribution in [2.75, 3.05) is 11.9 Å². The zero-order chi connectivity index (χ0) is 13.4. The van der Waals surface area contributed by atoms with Gasteiger partial charge in [-0.05, 0) is 32.6 Å². The topological polar surface area (TPSA) is 71.5 Å². The van der Waals surface area contributed by atoms with E-state index in [0.29, 0.717) is 6.42 Å². The predicted octanol–water partition coefficient (Wildman–Crippen LogP) is 2.24. The number of hydrogen-bond acceptors (Lipinski definition) is 5. The Kier molecular flexibility index (Phi) is 3.45. The lowest BCUT2D eigenvalue weighted by Crippen LogP contribution is -2.26. The van der Waals surface area contributed by atoms with Gasteiger partial charge >= 0.3 is 5.97 Å². The molecule has 2 N–H and O–H groups in total. The van der Waals surface area contributed by atoms with Crippen molar-refractivity contribution in [2.45, 2.75) is 50.7 Å². The Morgan fingerprint density at radius 1 is 1.53 bits per heavy atom. The summed E-state index contributed by atoms with van der Waals surface area (Å²) in [4.78, 5) is 16.9. The number of carboxylic acid groups (broad SMARTS) is 1. The second-order valence-corrected chi connectivity index (χ2v) is 6.31. The summed E-state index contributed by atoms with van der Waals surface area (Å²) in [5, 5.41) is 13.5. The van der Waals surface area contributed by atoms with Gasteiger partial charge in [0.25, 0.3) is 0 Å². The molecule has 1 aliphatic carbocycles. The van der Waals surface area contributed by atoms with Crippen LogP contribution in [0.1, 0.15) is 42.7 Å². The van der Waals surface area contributed by atoms with E-state index in [1.807, 2.05) is 0 Å². The molecule has 0 aromatic carbocycles. The molecule has 3 unspecified atom stereocenters. The average molecular weight is 282 g/mol. The van der Waals surface area contributed by atoms with Crippen LogP contribution < -0.4 is 5.32 Å². The van der Waals surface area contributed by atoms with Crippen LogP contribution >= 0.6 is 11.3 Å². The molecule has 0 amide bonds. The van der Waals surface area contributed by atoms with Crippen molar-refractivity contribution >= 4 is 22.4 Å². The van der Waals surface area contributed by atoms with E-state index in [1.165, 1.54) is 0 Å². The third kappa shape index (κ3) is 2.47. The fourth-order valence-corrected chi connectivity index (χ4v) is 3.93. The number of carboxylic acids is 1. The summed E-state index contributed by atoms with van der Waals surface area (Å²) < 4.78 is 5.52. The fourth-order valence-electron chi connectivity index (χ4n) is 2.80. The number of fused-ring (bicyclic) bond motifs is 1. The van der Waals surface area contributed by atoms with E-state index in [-0.39, 0.29) is 12.1 Å². The van der Waals surface area contributed by atoms with Gasteiger partial charge in [-0.15, -0.1) is 11.3 Å². The Bertz CT molecular complexity index is 488. The van der Waals surface area contributed by atoms with Crippen LogP contribution in [0.2, 0.25) is 0 Å². The Morgan fingerprint density at radius 3 is 3.05 bits per heavy atom. The highest BCUT2D eigenvalue weighted by Crippen LogP contribution is 2.37. The monoisotopic (exact) mass is 282 g/mol. The molecule has 0 saturated carbocycles. The Balaban J connectivity index is 1.79. The molecule has 1 aromatic rings. The number of nitrogens with one attached hydrogen (secondary N) is 1. The molecule has 5 nitrogen and oxygen atoms in total. The second kappa shape index (κ2) is 5.09. The molecule has 0 radical (unpaired) electrons. The van der Waals surface area contributed by atoms with Gasteiger partial charge in [0, 0.05) is 11.5 Å². The number of anilines is 1. The second-order valence-electron chi connectivity index (χ2n) is 5.23. The minimum Gasteiger partial charge on any atom is -0.481 e. The molecular formula is C13H18N2O3S. The van der Waals surface area contributed by atoms with Crippen molar-refractivity contribution in [3.8, 4) is 0 Å². The molecule has 0 spiro atoms. The zero-order valence-electron chi connectivity index (χ0n) is 10.9. The molecule has 1 saturated heterocycles. The molecule has 19 heavy (non-hydrogen) atoms. The van der Waals surface area contributed by atoms with Crippen LogP contribution in [0.3, 0.4) is 0 Å². The molecular weight excluding hydrogens is 264 g/mol. The Hall–Kier alpha value is -1.14. The third-order valence-corrected chi connectivity index (χ3v) is 5.00. The lowest BCUT2D eigenvalue weighted by Gasteiger charge is -2.16. The van der Waals surface area contributed by atoms with E-state index in [2.05, 4.69) is 17.2 Å². The number of aromatic nitrogens is 1. The maximum atomic E-state index is 11.2. The van der Waals surface area contributed by atoms with E-state index < -0.39 is 11.9 Å². The number of hydrogen-bond donors (Lipinski definition) is 2. The highest BCUT2D eigenvalue weighted by molar-refractivity contribution is 7.15. The lowest BCUT2D eigenvalue weighted by atomic mass is 9.91. The first-order valence-electron chi connectivity index (χ1n) is 6.75. The first kappa shape index (κ1) is 12.9. The number of carbonyl (C=O) groups is 1. The predicted molar refractivity (Wildman–Crippen MR) is 72.9 cm³/mol. The molecule has 104 valence electrons. The van der Waals surface area contributed by atoms with E-state index in [0.717, 1.165) is 41.6 Å². The summed E-state index contributed by atoms with van der Waals surface area (Å²) in [6.07, 6.45) is 3.77. The zero-order valence-corrected chi connectivity index (χ0v) is 11.7. The van der Waals surface area contributed by atoms with Crippen LogP contribution in [-0.2, 0) is 16.0 Å². The summed E-state index contributed by atoms with van der Waals surface area (Å²) in [5.41, 5.74) is 0.776. The van der Waals surface area contributed by atoms with Gasteiger partial charge < -0.3 is 15.2 Å². The molecule has 3 atom stereocenters. The third-order valence-electron chi connectivity index (χ3n) is 3.94. The highest BCUT2D eigenvalue weighted by atomic mass is 32.1. The molecule has 1 aromatic heterocycles. The maximum absolute atomic E-state index is 11.2. The standard InChI is InChI=1S/C13H18N2O3S/c1-7-9(5-6-18-7)14-13-15-11-8(12(16)17)3-2-4-10(11)19-13/h7-9H,2-6H2,1H3,(H,14,15)(H,16,17). The van der Waals surface area contributed by atoms with Crippen LogP contribution in [0, 0.1) is 0 Å². The van der Waals surface area contributed by atoms with Gasteiger partial charge in [-0.1, -0.05) is 0 Å². The summed E-state index contributed by atoms with van der Waals surface area (Å²) in [6, 6.07) is 0.288. The average Bonchev–Trinajstić information content (AvgIpc) is 2.95. The molecule has 2 aliphatic rings. The normalized spacial score (nSPS) is 30.1. The molecule has 2 heterocycles. The van der Waals surface area contributed by atoms with Gasteiger partial charge in [-0.2, -0.15) is 0 Å². The van der Waals surface area contributed by atoms with E-state index >= 15 is 0 Å². The number of thiazole rings is 1. The molecule has 6 heteroatoms. The maximum Gasteiger partial charge on any atom is 0.312 e. The largest absolute Gasteiger partial charge is 0.481 e. The van der Waals surface area contributed by atoms with Gasteiger partial charge in [0.2, 0.25) is 0 Å². The van der Waals surface area contributed by atoms with Gasteiger partial charge in [0.05, 0.1) is 17.8 Å². The Labute approximate surface area is 116 Å². The smallest absolute Gasteiger partial charge is 0.312 e. The fraction of sp³-hybridized carbons (Fsp3) is 0.692. The van der Waals surface area contributed by atoms with E-state index in [4.69, 9.17) is 4.74 Å². The number of rotatable bonds is 3. The number of aliphatic carboxylic acids is 1. The van der Waals surface area contributed by atoms with Crippen molar-refractivity contribution < 1.29 is 14.6 Å². The van der Waals surface area contributed by atoms with Crippen LogP contribution in [0.15, 0.2) is 0 Å². The van der Waals surface area contributed by atoms with Crippen molar-refractivity contribution in [1.82, 2.24) is 4.98 Å². The first-order valence-corrected chi connectivity index (χ1v) is 7.57. The van der Waals surface area contributed by atoms with Gasteiger partial charge in [-0.25, -0.2) is 4.98 Å². The van der Waals surface area contributed by atoms with Crippen LogP contribution in [0.5, 0.6) is 0 Å². The van der Waals surface area contributed by atoms with Gasteiger partial charge in [0.15, 0.2) is 5.13 Å². The van der Waals surface area contributed by atoms with E-state index in [1.54, 1.807) is 11.3 Å². The van der Waals surface area contributed by atoms with Crippen LogP contribution in [0.4, 0.5) is 5.13 Å². The summed E-state index contributed by atoms with van der Waals surface area (Å²) in [5.74, 6) is -1.18. The minimum atomic E-state index is -0.754. The van der Waals surface area contributed by atoms with Gasteiger partial charge in [-0.3, -0.25) is 4.79 Å². The van der Waals surface area contributed by atoms with Crippen LogP contribution in [0.25, 0.3) is 0 Å². The molecule has 0 bridgehead atoms. The minimum absolute atomic E-state index is 0.191. The quantitative estimate of drug-likeness (QED) is 0.889. The Morgan fingerprint density at radius 2 is 2.37 bits per heavy atom. The number of ether oxygens (including phenoxy) is 1. The van der Waals surface area contributed by atoms with Crippen molar-refractivity contribution in [1.29, 1.82) is 0 Å². The summed E-state index contributed by atoms with van der Waals surface area (Å²) in [6.45, 7) is 2.83. The van der Waals surface area contributed by atoms with Gasteiger partial charge in [0.1, 0.15) is 5.92 Å². The molecule has 1 fully saturated rings. The van der Waals surface area contributed by atoms with Crippen molar-refractivity contribution in [3.05, 3.63) is 10.6 Å². The number of aryl methyl sites for hydroxylation is 1. The number of nitrogens with zero attached hydrogens (tertiary/aromatic N) is 1. The summed E-state index contributed by atoms with van der Waals surface area (Å²) >= 11 is 1.60. The SMILES string of the molecule is CC1OCCC1Nc1nc2c(s1)CCCC2C(=O)O. The van der Waals surface area contributed by atoms with Crippen molar-refractivity contribution in [3.63, 3.8) is 0 Å². The van der Waals surface area contributed by atoms with Crippen molar-refractivity contribution in [2.24, 2.45) is 0 Å². The summed E-state index contributed by atoms with van der Waals surface area (Å²) in [7, 11) is 0. The first-order chi connectivity index (χ1) is 9.15. The molecule has 1 aliphatic heterocycles. The van der Waals surface area contributed by atoms with Crippen LogP contribution in [-0.4, -0.2) is 34.8 Å². The lowest BCUT2D eigenvalue weighted by molar-refractivity contribution is -0.139.